The number of anilines is 3. The number of nitrogens with zero attached hydrogens (tertiary/aromatic N) is 4. The molecule has 6 nitrogen and oxygen atoms in total. The zero-order valence-corrected chi connectivity index (χ0v) is 12.7. The van der Waals surface area contributed by atoms with Gasteiger partial charge in [0, 0.05) is 25.5 Å². The molecule has 0 atom stereocenters. The van der Waals surface area contributed by atoms with Crippen LogP contribution in [0, 0.1) is 6.92 Å². The topological polar surface area (TPSA) is 69.7 Å². The molecule has 7 heteroatoms. The standard InChI is InChI=1S/C14H15ClN6/c1-8-4-5-9(6-10(8)21(2)3)18-13-11-12(17-7-16-11)19-14(15)20-13/h4-7H,1-3H3,(H2,16,17,18,19,20). The second-order valence-electron chi connectivity index (χ2n) is 4.96. The first-order valence-electron chi connectivity index (χ1n) is 6.46. The highest BCUT2D eigenvalue weighted by Gasteiger charge is 2.10. The summed E-state index contributed by atoms with van der Waals surface area (Å²) in [5.74, 6) is 0.607. The minimum atomic E-state index is 0.164. The van der Waals surface area contributed by atoms with Crippen molar-refractivity contribution >= 4 is 40.0 Å². The normalized spacial score (nSPS) is 10.9. The van der Waals surface area contributed by atoms with E-state index in [1.165, 1.54) is 5.56 Å². The number of halogens is 1. The first-order chi connectivity index (χ1) is 10.0. The number of aromatic amines is 1. The SMILES string of the molecule is Cc1ccc(Nc2nc(Cl)nc3nc[nH]c23)cc1N(C)C. The number of aromatic nitrogens is 4. The maximum absolute atomic E-state index is 5.93. The van der Waals surface area contributed by atoms with Gasteiger partial charge in [0.25, 0.3) is 0 Å². The summed E-state index contributed by atoms with van der Waals surface area (Å²) in [7, 11) is 4.03. The van der Waals surface area contributed by atoms with Gasteiger partial charge >= 0.3 is 0 Å². The number of H-pyrrole nitrogens is 1. The summed E-state index contributed by atoms with van der Waals surface area (Å²) >= 11 is 5.93. The Hall–Kier alpha value is -2.34. The number of rotatable bonds is 3. The molecule has 0 aliphatic heterocycles. The molecule has 0 radical (unpaired) electrons. The van der Waals surface area contributed by atoms with Crippen LogP contribution in [0.2, 0.25) is 5.28 Å². The predicted octanol–water partition coefficient (Wildman–Crippen LogP) is 3.12. The minimum absolute atomic E-state index is 0.164. The van der Waals surface area contributed by atoms with Gasteiger partial charge in [-0.05, 0) is 36.2 Å². The summed E-state index contributed by atoms with van der Waals surface area (Å²) < 4.78 is 0. The van der Waals surface area contributed by atoms with E-state index >= 15 is 0 Å². The van der Waals surface area contributed by atoms with Crippen molar-refractivity contribution in [1.29, 1.82) is 0 Å². The fourth-order valence-electron chi connectivity index (χ4n) is 2.20. The van der Waals surface area contributed by atoms with Gasteiger partial charge in [-0.1, -0.05) is 6.07 Å². The lowest BCUT2D eigenvalue weighted by molar-refractivity contribution is 1.11. The smallest absolute Gasteiger partial charge is 0.226 e. The number of benzene rings is 1. The summed E-state index contributed by atoms with van der Waals surface area (Å²) in [5.41, 5.74) is 4.54. The van der Waals surface area contributed by atoms with E-state index in [0.717, 1.165) is 16.9 Å². The molecule has 3 aromatic rings. The van der Waals surface area contributed by atoms with Gasteiger partial charge in [0.15, 0.2) is 11.5 Å². The van der Waals surface area contributed by atoms with Crippen LogP contribution in [0.4, 0.5) is 17.2 Å². The Morgan fingerprint density at radius 2 is 2.05 bits per heavy atom. The van der Waals surface area contributed by atoms with Crippen molar-refractivity contribution < 1.29 is 0 Å². The van der Waals surface area contributed by atoms with E-state index in [9.17, 15) is 0 Å². The zero-order chi connectivity index (χ0) is 15.0. The molecule has 0 saturated heterocycles. The molecule has 0 amide bonds. The molecule has 0 bridgehead atoms. The average molecular weight is 303 g/mol. The second-order valence-corrected chi connectivity index (χ2v) is 5.30. The second kappa shape index (κ2) is 5.21. The Bertz CT molecular complexity index is 795. The number of aryl methyl sites for hydroxylation is 1. The molecule has 3 rings (SSSR count). The summed E-state index contributed by atoms with van der Waals surface area (Å²) in [5, 5.41) is 3.43. The number of hydrogen-bond donors (Lipinski definition) is 2. The molecule has 2 aromatic heterocycles. The molecule has 0 unspecified atom stereocenters. The van der Waals surface area contributed by atoms with E-state index in [1.807, 2.05) is 20.2 Å². The fraction of sp³-hybridized carbons (Fsp3) is 0.214. The summed E-state index contributed by atoms with van der Waals surface area (Å²) in [6.45, 7) is 2.08. The fourth-order valence-corrected chi connectivity index (χ4v) is 2.37. The lowest BCUT2D eigenvalue weighted by Crippen LogP contribution is -2.10. The molecule has 21 heavy (non-hydrogen) atoms. The zero-order valence-electron chi connectivity index (χ0n) is 12.0. The average Bonchev–Trinajstić information content (AvgIpc) is 2.88. The molecule has 2 heterocycles. The van der Waals surface area contributed by atoms with Gasteiger partial charge in [0.05, 0.1) is 6.33 Å². The van der Waals surface area contributed by atoms with Crippen molar-refractivity contribution in [3.8, 4) is 0 Å². The van der Waals surface area contributed by atoms with Crippen molar-refractivity contribution in [2.45, 2.75) is 6.92 Å². The largest absolute Gasteiger partial charge is 0.377 e. The third-order valence-electron chi connectivity index (χ3n) is 3.21. The third kappa shape index (κ3) is 2.62. The van der Waals surface area contributed by atoms with Crippen LogP contribution in [-0.2, 0) is 0 Å². The van der Waals surface area contributed by atoms with Gasteiger partial charge in [0.1, 0.15) is 5.52 Å². The molecule has 0 aliphatic carbocycles. The molecule has 0 saturated carbocycles. The van der Waals surface area contributed by atoms with Crippen molar-refractivity contribution in [2.75, 3.05) is 24.3 Å². The van der Waals surface area contributed by atoms with Crippen molar-refractivity contribution in [3.05, 3.63) is 35.4 Å². The summed E-state index contributed by atoms with van der Waals surface area (Å²) in [6, 6.07) is 6.12. The summed E-state index contributed by atoms with van der Waals surface area (Å²) in [4.78, 5) is 17.5. The van der Waals surface area contributed by atoms with Crippen molar-refractivity contribution in [1.82, 2.24) is 19.9 Å². The Balaban J connectivity index is 2.02. The van der Waals surface area contributed by atoms with Crippen LogP contribution >= 0.6 is 11.6 Å². The van der Waals surface area contributed by atoms with Gasteiger partial charge < -0.3 is 15.2 Å². The number of hydrogen-bond acceptors (Lipinski definition) is 5. The van der Waals surface area contributed by atoms with Crippen LogP contribution in [0.1, 0.15) is 5.56 Å². The predicted molar refractivity (Wildman–Crippen MR) is 85.5 cm³/mol. The van der Waals surface area contributed by atoms with Crippen molar-refractivity contribution in [3.63, 3.8) is 0 Å². The van der Waals surface area contributed by atoms with Gasteiger partial charge in [-0.15, -0.1) is 0 Å². The lowest BCUT2D eigenvalue weighted by Gasteiger charge is -2.17. The van der Waals surface area contributed by atoms with Crippen LogP contribution in [0.3, 0.4) is 0 Å². The van der Waals surface area contributed by atoms with E-state index in [2.05, 4.69) is 49.2 Å². The monoisotopic (exact) mass is 302 g/mol. The third-order valence-corrected chi connectivity index (χ3v) is 3.38. The maximum atomic E-state index is 5.93. The quantitative estimate of drug-likeness (QED) is 0.727. The Morgan fingerprint density at radius 1 is 1.24 bits per heavy atom. The molecule has 1 aromatic carbocycles. The molecule has 108 valence electrons. The Kier molecular flexibility index (Phi) is 3.39. The van der Waals surface area contributed by atoms with Gasteiger partial charge in [0.2, 0.25) is 5.28 Å². The van der Waals surface area contributed by atoms with Crippen LogP contribution in [-0.4, -0.2) is 34.0 Å². The molecule has 0 fully saturated rings. The van der Waals surface area contributed by atoms with E-state index in [-0.39, 0.29) is 5.28 Å². The highest BCUT2D eigenvalue weighted by atomic mass is 35.5. The molecule has 2 N–H and O–H groups in total. The maximum Gasteiger partial charge on any atom is 0.226 e. The lowest BCUT2D eigenvalue weighted by atomic mass is 10.1. The van der Waals surface area contributed by atoms with Crippen LogP contribution in [0.15, 0.2) is 24.5 Å². The molecular formula is C14H15ClN6. The van der Waals surface area contributed by atoms with E-state index < -0.39 is 0 Å². The highest BCUT2D eigenvalue weighted by molar-refractivity contribution is 6.28. The van der Waals surface area contributed by atoms with E-state index in [4.69, 9.17) is 11.6 Å². The summed E-state index contributed by atoms with van der Waals surface area (Å²) in [6.07, 6.45) is 1.57. The van der Waals surface area contributed by atoms with Gasteiger partial charge in [-0.25, -0.2) is 4.98 Å². The number of fused-ring (bicyclic) bond motifs is 1. The Morgan fingerprint density at radius 3 is 2.81 bits per heavy atom. The van der Waals surface area contributed by atoms with E-state index in [0.29, 0.717) is 11.5 Å². The van der Waals surface area contributed by atoms with Crippen molar-refractivity contribution in [2.24, 2.45) is 0 Å². The first-order valence-corrected chi connectivity index (χ1v) is 6.84. The van der Waals surface area contributed by atoms with Gasteiger partial charge in [-0.2, -0.15) is 9.97 Å². The van der Waals surface area contributed by atoms with Crippen LogP contribution in [0.5, 0.6) is 0 Å². The van der Waals surface area contributed by atoms with Crippen LogP contribution in [0.25, 0.3) is 11.2 Å². The van der Waals surface area contributed by atoms with Gasteiger partial charge in [-0.3, -0.25) is 0 Å². The number of nitrogens with one attached hydrogen (secondary N) is 2. The molecular weight excluding hydrogens is 288 g/mol. The van der Waals surface area contributed by atoms with Crippen LogP contribution < -0.4 is 10.2 Å². The number of imidazole rings is 1. The highest BCUT2D eigenvalue weighted by Crippen LogP contribution is 2.27. The van der Waals surface area contributed by atoms with E-state index in [1.54, 1.807) is 6.33 Å². The first kappa shape index (κ1) is 13.6. The molecule has 0 aliphatic rings. The molecule has 0 spiro atoms. The minimum Gasteiger partial charge on any atom is -0.377 e. The Labute approximate surface area is 127 Å².